The monoisotopic (exact) mass is 226 g/mol. The summed E-state index contributed by atoms with van der Waals surface area (Å²) in [4.78, 5) is 11.5. The second-order valence-electron chi connectivity index (χ2n) is 4.54. The van der Waals surface area contributed by atoms with E-state index >= 15 is 0 Å². The van der Waals surface area contributed by atoms with Gasteiger partial charge in [-0.3, -0.25) is 4.79 Å². The maximum Gasteiger partial charge on any atom is 0.226 e. The predicted molar refractivity (Wildman–Crippen MR) is 57.3 cm³/mol. The summed E-state index contributed by atoms with van der Waals surface area (Å²) in [7, 11) is 0. The maximum absolute atomic E-state index is 13.4. The lowest BCUT2D eigenvalue weighted by Gasteiger charge is -2.24. The summed E-state index contributed by atoms with van der Waals surface area (Å²) in [6.07, 6.45) is 0.197. The summed E-state index contributed by atoms with van der Waals surface area (Å²) in [6.45, 7) is 3.59. The Balaban J connectivity index is 2.54. The van der Waals surface area contributed by atoms with E-state index in [9.17, 15) is 13.6 Å². The first-order valence-electron chi connectivity index (χ1n) is 4.94. The molecule has 0 fully saturated rings. The third-order valence-corrected chi connectivity index (χ3v) is 2.39. The molecule has 0 bridgehead atoms. The Labute approximate surface area is 91.8 Å². The molecule has 1 amide bonds. The molecular weight excluding hydrogens is 214 g/mol. The van der Waals surface area contributed by atoms with E-state index in [1.165, 1.54) is 6.07 Å². The van der Waals surface area contributed by atoms with E-state index in [1.54, 1.807) is 13.8 Å². The first-order chi connectivity index (χ1) is 7.37. The molecule has 0 atom stereocenters. The molecule has 1 aromatic carbocycles. The maximum atomic E-state index is 13.4. The molecule has 0 saturated heterocycles. The number of carbonyl (C=O) groups is 1. The van der Waals surface area contributed by atoms with Gasteiger partial charge in [0.25, 0.3) is 0 Å². The van der Waals surface area contributed by atoms with Gasteiger partial charge >= 0.3 is 0 Å². The van der Waals surface area contributed by atoms with Gasteiger partial charge in [-0.1, -0.05) is 0 Å². The fourth-order valence-electron chi connectivity index (χ4n) is 1.79. The first kappa shape index (κ1) is 10.9. The predicted octanol–water partition coefficient (Wildman–Crippen LogP) is 2.50. The number of carbonyl (C=O) groups excluding carboxylic acids is 1. The number of anilines is 2. The fourth-order valence-corrected chi connectivity index (χ4v) is 1.79. The van der Waals surface area contributed by atoms with Gasteiger partial charge in [0.05, 0.1) is 5.69 Å². The highest BCUT2D eigenvalue weighted by atomic mass is 19.1. The number of benzene rings is 1. The second-order valence-corrected chi connectivity index (χ2v) is 4.54. The largest absolute Gasteiger partial charge is 0.378 e. The standard InChI is InChI=1S/C11H12F2N2O/c1-11(2)5-9(16)14-10-7(13)3-6(12)4-8(10)15-11/h3-4,15H,5H2,1-2H3,(H,14,16). The van der Waals surface area contributed by atoms with Crippen LogP contribution in [0.4, 0.5) is 20.2 Å². The Morgan fingerprint density at radius 2 is 2.00 bits per heavy atom. The van der Waals surface area contributed by atoms with E-state index in [4.69, 9.17) is 0 Å². The Bertz CT molecular complexity index is 458. The number of hydrogen-bond donors (Lipinski definition) is 2. The Kier molecular flexibility index (Phi) is 2.33. The van der Waals surface area contributed by atoms with Crippen LogP contribution < -0.4 is 10.6 Å². The lowest BCUT2D eigenvalue weighted by atomic mass is 10.0. The van der Waals surface area contributed by atoms with Crippen molar-refractivity contribution in [3.63, 3.8) is 0 Å². The summed E-state index contributed by atoms with van der Waals surface area (Å²) < 4.78 is 26.5. The summed E-state index contributed by atoms with van der Waals surface area (Å²) in [5, 5.41) is 5.38. The highest BCUT2D eigenvalue weighted by Gasteiger charge is 2.28. The molecule has 1 aliphatic rings. The van der Waals surface area contributed by atoms with Crippen molar-refractivity contribution in [1.82, 2.24) is 0 Å². The topological polar surface area (TPSA) is 41.1 Å². The minimum Gasteiger partial charge on any atom is -0.378 e. The average molecular weight is 226 g/mol. The minimum atomic E-state index is -0.770. The molecule has 0 aliphatic carbocycles. The van der Waals surface area contributed by atoms with Crippen LogP contribution in [-0.2, 0) is 4.79 Å². The van der Waals surface area contributed by atoms with Crippen molar-refractivity contribution >= 4 is 17.3 Å². The quantitative estimate of drug-likeness (QED) is 0.713. The Morgan fingerprint density at radius 1 is 1.31 bits per heavy atom. The van der Waals surface area contributed by atoms with Gasteiger partial charge in [-0.15, -0.1) is 0 Å². The number of fused-ring (bicyclic) bond motifs is 1. The number of halogens is 2. The number of rotatable bonds is 0. The summed E-state index contributed by atoms with van der Waals surface area (Å²) >= 11 is 0. The highest BCUT2D eigenvalue weighted by molar-refractivity contribution is 5.97. The summed E-state index contributed by atoms with van der Waals surface area (Å²) in [5.41, 5.74) is -0.249. The zero-order valence-electron chi connectivity index (χ0n) is 9.03. The van der Waals surface area contributed by atoms with E-state index in [-0.39, 0.29) is 23.7 Å². The fraction of sp³-hybridized carbons (Fsp3) is 0.364. The van der Waals surface area contributed by atoms with E-state index in [0.717, 1.165) is 6.07 Å². The lowest BCUT2D eigenvalue weighted by Crippen LogP contribution is -2.32. The van der Waals surface area contributed by atoms with Gasteiger partial charge in [-0.25, -0.2) is 8.78 Å². The first-order valence-corrected chi connectivity index (χ1v) is 4.94. The molecule has 0 unspecified atom stereocenters. The molecule has 1 aromatic rings. The second kappa shape index (κ2) is 3.43. The van der Waals surface area contributed by atoms with Crippen LogP contribution in [0.15, 0.2) is 12.1 Å². The summed E-state index contributed by atoms with van der Waals surface area (Å²) in [6, 6.07) is 1.92. The molecule has 0 radical (unpaired) electrons. The van der Waals surface area contributed by atoms with Crippen molar-refractivity contribution in [2.45, 2.75) is 25.8 Å². The lowest BCUT2D eigenvalue weighted by molar-refractivity contribution is -0.116. The average Bonchev–Trinajstić information content (AvgIpc) is 2.19. The van der Waals surface area contributed by atoms with Gasteiger partial charge in [-0.2, -0.15) is 0 Å². The van der Waals surface area contributed by atoms with Gasteiger partial charge in [0.1, 0.15) is 11.5 Å². The van der Waals surface area contributed by atoms with Crippen molar-refractivity contribution < 1.29 is 13.6 Å². The van der Waals surface area contributed by atoms with Crippen molar-refractivity contribution in [2.75, 3.05) is 10.6 Å². The van der Waals surface area contributed by atoms with Crippen LogP contribution in [0.2, 0.25) is 0 Å². The van der Waals surface area contributed by atoms with Crippen molar-refractivity contribution in [2.24, 2.45) is 0 Å². The smallest absolute Gasteiger partial charge is 0.226 e. The van der Waals surface area contributed by atoms with Gasteiger partial charge in [0.15, 0.2) is 5.82 Å². The molecule has 1 aliphatic heterocycles. The zero-order chi connectivity index (χ0) is 11.9. The number of amides is 1. The normalized spacial score (nSPS) is 18.1. The van der Waals surface area contributed by atoms with Crippen LogP contribution in [-0.4, -0.2) is 11.4 Å². The van der Waals surface area contributed by atoms with Crippen LogP contribution in [0.5, 0.6) is 0 Å². The van der Waals surface area contributed by atoms with Gasteiger partial charge < -0.3 is 10.6 Å². The molecule has 3 nitrogen and oxygen atoms in total. The Morgan fingerprint density at radius 3 is 2.69 bits per heavy atom. The third-order valence-electron chi connectivity index (χ3n) is 2.39. The van der Waals surface area contributed by atoms with Gasteiger partial charge in [0, 0.05) is 18.0 Å². The van der Waals surface area contributed by atoms with Crippen LogP contribution in [0, 0.1) is 11.6 Å². The SMILES string of the molecule is CC1(C)CC(=O)Nc2c(F)cc(F)cc2N1. The molecular formula is C11H12F2N2O. The van der Waals surface area contributed by atoms with E-state index in [1.807, 2.05) is 0 Å². The molecule has 16 heavy (non-hydrogen) atoms. The Hall–Kier alpha value is -1.65. The van der Waals surface area contributed by atoms with Gasteiger partial charge in [0.2, 0.25) is 5.91 Å². The molecule has 86 valence electrons. The van der Waals surface area contributed by atoms with E-state index < -0.39 is 17.2 Å². The van der Waals surface area contributed by atoms with E-state index in [2.05, 4.69) is 10.6 Å². The van der Waals surface area contributed by atoms with Crippen molar-refractivity contribution in [3.8, 4) is 0 Å². The molecule has 0 aromatic heterocycles. The molecule has 5 heteroatoms. The third kappa shape index (κ3) is 1.98. The van der Waals surface area contributed by atoms with Crippen LogP contribution in [0.25, 0.3) is 0 Å². The zero-order valence-corrected chi connectivity index (χ0v) is 9.03. The summed E-state index contributed by atoms with van der Waals surface area (Å²) in [5.74, 6) is -1.73. The van der Waals surface area contributed by atoms with Crippen LogP contribution in [0.3, 0.4) is 0 Å². The van der Waals surface area contributed by atoms with Gasteiger partial charge in [-0.05, 0) is 19.9 Å². The molecule has 2 rings (SSSR count). The highest BCUT2D eigenvalue weighted by Crippen LogP contribution is 2.32. The molecule has 0 spiro atoms. The van der Waals surface area contributed by atoms with Crippen LogP contribution >= 0.6 is 0 Å². The molecule has 2 N–H and O–H groups in total. The number of nitrogens with one attached hydrogen (secondary N) is 2. The molecule has 0 saturated carbocycles. The van der Waals surface area contributed by atoms with Crippen molar-refractivity contribution in [1.29, 1.82) is 0 Å². The van der Waals surface area contributed by atoms with Crippen molar-refractivity contribution in [3.05, 3.63) is 23.8 Å². The number of hydrogen-bond acceptors (Lipinski definition) is 2. The van der Waals surface area contributed by atoms with Crippen LogP contribution in [0.1, 0.15) is 20.3 Å². The molecule has 1 heterocycles. The van der Waals surface area contributed by atoms with E-state index in [0.29, 0.717) is 0 Å². The minimum absolute atomic E-state index is 0.0111.